The van der Waals surface area contributed by atoms with Crippen molar-refractivity contribution in [3.8, 4) is 0 Å². The van der Waals surface area contributed by atoms with Gasteiger partial charge in [-0.25, -0.2) is 14.6 Å². The summed E-state index contributed by atoms with van der Waals surface area (Å²) in [5.74, 6) is -3.85. The minimum Gasteiger partial charge on any atom is -0.478 e. The summed E-state index contributed by atoms with van der Waals surface area (Å²) in [7, 11) is 1.88. The number of aliphatic carboxylic acids is 2. The van der Waals surface area contributed by atoms with E-state index in [2.05, 4.69) is 25.3 Å². The molecule has 15 nitrogen and oxygen atoms in total. The quantitative estimate of drug-likeness (QED) is 0.0779. The van der Waals surface area contributed by atoms with Gasteiger partial charge >= 0.3 is 11.9 Å². The lowest BCUT2D eigenvalue weighted by molar-refractivity contribution is -0.663. The number of carbonyl (C=O) groups is 4. The fourth-order valence-corrected chi connectivity index (χ4v) is 7.10. The number of likely N-dealkylation sites (N-methyl/N-ethyl adjacent to an activating group) is 1. The normalized spacial score (nSPS) is 19.0. The lowest BCUT2D eigenvalue weighted by Gasteiger charge is -2.49. The minimum absolute atomic E-state index is 0.00205. The van der Waals surface area contributed by atoms with Crippen LogP contribution in [0, 0.1) is 0 Å². The zero-order valence-electron chi connectivity index (χ0n) is 23.4. The Bertz CT molecular complexity index is 1720. The number of thiazole rings is 1. The van der Waals surface area contributed by atoms with Crippen LogP contribution < -0.4 is 20.9 Å². The standard InChI is InChI=1S/C26H27ClN8O7S2/c1-12(24(38)39)42-32-17(16-20(27)44-26(28)31-16)21(36)30-18-22(37)35-19(25(40)41)13(11-43-23(18)35)10-34-7-3-4-14-15(34)5-8-33(14)9-6-29-2/h3-5,7-8,12,18,23,29H,6,9-11H2,1-2H3,(H4-,28,30,31,36,38,39,40,41)/p+1/b32-17-/t12-,18+,23+/m0/s1. The Morgan fingerprint density at radius 2 is 2.11 bits per heavy atom. The first-order chi connectivity index (χ1) is 21.0. The molecule has 2 aliphatic heterocycles. The zero-order valence-corrected chi connectivity index (χ0v) is 25.8. The number of thioether (sulfide) groups is 1. The molecule has 2 aliphatic rings. The number of fused-ring (bicyclic) bond motifs is 2. The van der Waals surface area contributed by atoms with Gasteiger partial charge in [0.25, 0.3) is 11.8 Å². The number of carbonyl (C=O) groups excluding carboxylic acids is 2. The highest BCUT2D eigenvalue weighted by Crippen LogP contribution is 2.40. The fraction of sp³-hybridized carbons (Fsp3) is 0.346. The van der Waals surface area contributed by atoms with E-state index in [1.807, 2.05) is 42.2 Å². The van der Waals surface area contributed by atoms with Crippen LogP contribution >= 0.6 is 34.7 Å². The number of hydrogen-bond acceptors (Lipinski definition) is 11. The van der Waals surface area contributed by atoms with E-state index in [0.29, 0.717) is 11.3 Å². The van der Waals surface area contributed by atoms with E-state index in [1.54, 1.807) is 0 Å². The predicted octanol–water partition coefficient (Wildman–Crippen LogP) is 0.473. The summed E-state index contributed by atoms with van der Waals surface area (Å²) in [5, 5.41) is 27.9. The first kappa shape index (κ1) is 31.2. The van der Waals surface area contributed by atoms with Crippen LogP contribution in [0.25, 0.3) is 11.0 Å². The number of anilines is 1. The molecular formula is C26H28ClN8O7S2+. The summed E-state index contributed by atoms with van der Waals surface area (Å²) < 4.78 is 4.05. The Morgan fingerprint density at radius 3 is 2.77 bits per heavy atom. The summed E-state index contributed by atoms with van der Waals surface area (Å²) in [6.45, 7) is 3.00. The number of aromatic nitrogens is 3. The van der Waals surface area contributed by atoms with Gasteiger partial charge in [0, 0.05) is 42.7 Å². The molecule has 1 fully saturated rings. The average molecular weight is 664 g/mol. The van der Waals surface area contributed by atoms with Gasteiger partial charge in [-0.15, -0.1) is 11.8 Å². The molecule has 6 N–H and O–H groups in total. The summed E-state index contributed by atoms with van der Waals surface area (Å²) >= 11 is 8.34. The number of amides is 2. The second kappa shape index (κ2) is 12.8. The number of nitrogens with zero attached hydrogens (tertiary/aromatic N) is 5. The third kappa shape index (κ3) is 5.95. The number of β-lactam (4-membered cyclic amide) rings is 1. The molecule has 2 amide bonds. The molecule has 5 heterocycles. The molecule has 0 aromatic carbocycles. The van der Waals surface area contributed by atoms with Crippen LogP contribution in [0.1, 0.15) is 12.6 Å². The van der Waals surface area contributed by atoms with E-state index in [-0.39, 0.29) is 27.4 Å². The number of rotatable bonds is 12. The first-order valence-electron chi connectivity index (χ1n) is 13.2. The van der Waals surface area contributed by atoms with Crippen molar-refractivity contribution in [3.63, 3.8) is 0 Å². The summed E-state index contributed by atoms with van der Waals surface area (Å²) in [5.41, 5.74) is 7.39. The Morgan fingerprint density at radius 1 is 1.34 bits per heavy atom. The van der Waals surface area contributed by atoms with Gasteiger partial charge in [0.15, 0.2) is 23.6 Å². The van der Waals surface area contributed by atoms with Crippen molar-refractivity contribution >= 4 is 80.3 Å². The van der Waals surface area contributed by atoms with Crippen molar-refractivity contribution in [2.75, 3.05) is 25.1 Å². The van der Waals surface area contributed by atoms with E-state index >= 15 is 0 Å². The molecule has 5 rings (SSSR count). The number of oxime groups is 1. The topological polar surface area (TPSA) is 205 Å². The molecule has 0 bridgehead atoms. The molecule has 44 heavy (non-hydrogen) atoms. The highest BCUT2D eigenvalue weighted by molar-refractivity contribution is 8.00. The smallest absolute Gasteiger partial charge is 0.352 e. The Balaban J connectivity index is 1.38. The SMILES string of the molecule is CNCCn1ccc2c1ccc[n+]2CC1=C(C(=O)O)N2C(=O)[C@@H](NC(=O)/C(=N\O[C@@H](C)C(=O)O)c3nc(N)sc3Cl)[C@H]2SC1. The molecule has 232 valence electrons. The Kier molecular flexibility index (Phi) is 9.10. The second-order valence-electron chi connectivity index (χ2n) is 9.84. The summed E-state index contributed by atoms with van der Waals surface area (Å²) in [4.78, 5) is 60.4. The highest BCUT2D eigenvalue weighted by Gasteiger charge is 2.55. The maximum atomic E-state index is 13.3. The number of nitrogen functional groups attached to an aromatic ring is 1. The predicted molar refractivity (Wildman–Crippen MR) is 162 cm³/mol. The zero-order chi connectivity index (χ0) is 31.7. The van der Waals surface area contributed by atoms with Crippen molar-refractivity contribution in [2.45, 2.75) is 37.5 Å². The molecule has 0 spiro atoms. The van der Waals surface area contributed by atoms with Crippen LogP contribution in [0.2, 0.25) is 4.34 Å². The number of nitrogens with two attached hydrogens (primary N) is 1. The number of pyridine rings is 1. The number of carboxylic acid groups (broad SMARTS) is 2. The number of hydrogen-bond donors (Lipinski definition) is 5. The van der Waals surface area contributed by atoms with E-state index in [4.69, 9.17) is 27.3 Å². The van der Waals surface area contributed by atoms with Gasteiger partial charge in [0.1, 0.15) is 32.7 Å². The molecule has 1 saturated heterocycles. The van der Waals surface area contributed by atoms with E-state index in [0.717, 1.165) is 35.5 Å². The molecule has 0 aliphatic carbocycles. The molecule has 3 aromatic rings. The monoisotopic (exact) mass is 663 g/mol. The fourth-order valence-electron chi connectivity index (χ4n) is 4.83. The Labute approximate surface area is 263 Å². The average Bonchev–Trinajstić information content (AvgIpc) is 3.56. The largest absolute Gasteiger partial charge is 0.478 e. The van der Waals surface area contributed by atoms with E-state index in [1.165, 1.54) is 23.6 Å². The molecule has 0 unspecified atom stereocenters. The van der Waals surface area contributed by atoms with Gasteiger partial charge in [-0.1, -0.05) is 28.1 Å². The first-order valence-corrected chi connectivity index (χ1v) is 15.5. The lowest BCUT2D eigenvalue weighted by atomic mass is 10.0. The highest BCUT2D eigenvalue weighted by atomic mass is 35.5. The Hall–Kier alpha value is -4.19. The van der Waals surface area contributed by atoms with Crippen molar-refractivity contribution in [2.24, 2.45) is 5.16 Å². The third-order valence-electron chi connectivity index (χ3n) is 7.01. The number of halogens is 1. The molecule has 0 radical (unpaired) electrons. The third-order valence-corrected chi connectivity index (χ3v) is 9.43. The van der Waals surface area contributed by atoms with Gasteiger partial charge in [0.05, 0.1) is 0 Å². The van der Waals surface area contributed by atoms with Gasteiger partial charge < -0.3 is 36.0 Å². The van der Waals surface area contributed by atoms with Crippen molar-refractivity contribution in [1.29, 1.82) is 0 Å². The molecule has 3 aromatic heterocycles. The molecule has 3 atom stereocenters. The van der Waals surface area contributed by atoms with Crippen molar-refractivity contribution < 1.29 is 38.8 Å². The van der Waals surface area contributed by atoms with Crippen LogP contribution in [0.5, 0.6) is 0 Å². The van der Waals surface area contributed by atoms with Crippen LogP contribution in [-0.2, 0) is 37.1 Å². The maximum absolute atomic E-state index is 13.3. The summed E-state index contributed by atoms with van der Waals surface area (Å²) in [6, 6.07) is 4.75. The minimum atomic E-state index is -1.40. The van der Waals surface area contributed by atoms with E-state index in [9.17, 15) is 24.3 Å². The maximum Gasteiger partial charge on any atom is 0.352 e. The van der Waals surface area contributed by atoms with Crippen molar-refractivity contribution in [3.05, 3.63) is 51.9 Å². The van der Waals surface area contributed by atoms with Gasteiger partial charge in [-0.3, -0.25) is 14.5 Å². The lowest BCUT2D eigenvalue weighted by Crippen LogP contribution is -2.71. The second-order valence-corrected chi connectivity index (χ2v) is 12.6. The molecule has 18 heteroatoms. The van der Waals surface area contributed by atoms with Crippen molar-refractivity contribution in [1.82, 2.24) is 25.1 Å². The van der Waals surface area contributed by atoms with Crippen LogP contribution in [0.4, 0.5) is 5.13 Å². The van der Waals surface area contributed by atoms with Gasteiger partial charge in [-0.2, -0.15) is 4.57 Å². The van der Waals surface area contributed by atoms with Gasteiger partial charge in [-0.05, 0) is 20.0 Å². The number of carboxylic acids is 2. The summed E-state index contributed by atoms with van der Waals surface area (Å²) in [6.07, 6.45) is 2.43. The van der Waals surface area contributed by atoms with Crippen LogP contribution in [-0.4, -0.2) is 91.0 Å². The molecule has 0 saturated carbocycles. The molecular weight excluding hydrogens is 636 g/mol. The van der Waals surface area contributed by atoms with Crippen LogP contribution in [0.3, 0.4) is 0 Å². The number of nitrogens with one attached hydrogen (secondary N) is 2. The van der Waals surface area contributed by atoms with Gasteiger partial charge in [0.2, 0.25) is 11.6 Å². The van der Waals surface area contributed by atoms with E-state index < -0.39 is 47.0 Å². The van der Waals surface area contributed by atoms with Crippen LogP contribution in [0.15, 0.2) is 47.0 Å².